The number of rotatable bonds is 9. The van der Waals surface area contributed by atoms with Crippen LogP contribution in [0.25, 0.3) is 10.4 Å². The molecule has 9 heteroatoms. The summed E-state index contributed by atoms with van der Waals surface area (Å²) in [5.41, 5.74) is 13.7. The fourth-order valence-electron chi connectivity index (χ4n) is 3.09. The van der Waals surface area contributed by atoms with E-state index in [1.165, 1.54) is 0 Å². The zero-order valence-corrected chi connectivity index (χ0v) is 13.2. The Morgan fingerprint density at radius 3 is 2.95 bits per heavy atom. The minimum absolute atomic E-state index is 0.0756. The SMILES string of the molecule is [N-]=[N+]=NCCCC(CCC[C@@H]1SC[C@@H]2NC(=O)N[C@@H]21)C(N)=O. The number of hydrogen-bond donors (Lipinski definition) is 3. The minimum Gasteiger partial charge on any atom is -0.369 e. The Morgan fingerprint density at radius 1 is 1.45 bits per heavy atom. The molecule has 122 valence electrons. The van der Waals surface area contributed by atoms with E-state index in [9.17, 15) is 9.59 Å². The van der Waals surface area contributed by atoms with Crippen LogP contribution in [0.5, 0.6) is 0 Å². The number of amides is 3. The molecule has 0 radical (unpaired) electrons. The summed E-state index contributed by atoms with van der Waals surface area (Å²) in [5.74, 6) is 0.501. The second-order valence-electron chi connectivity index (χ2n) is 5.75. The van der Waals surface area contributed by atoms with Crippen molar-refractivity contribution in [1.29, 1.82) is 0 Å². The highest BCUT2D eigenvalue weighted by Gasteiger charge is 2.42. The number of primary amides is 1. The first-order chi connectivity index (χ1) is 10.6. The molecule has 3 amide bonds. The van der Waals surface area contributed by atoms with Gasteiger partial charge in [-0.3, -0.25) is 4.79 Å². The molecule has 2 aliphatic heterocycles. The monoisotopic (exact) mass is 326 g/mol. The van der Waals surface area contributed by atoms with Crippen LogP contribution in [0.4, 0.5) is 4.79 Å². The lowest BCUT2D eigenvalue weighted by atomic mass is 9.94. The van der Waals surface area contributed by atoms with Crippen molar-refractivity contribution in [3.05, 3.63) is 10.4 Å². The van der Waals surface area contributed by atoms with E-state index in [0.29, 0.717) is 24.6 Å². The molecule has 0 bridgehead atoms. The van der Waals surface area contributed by atoms with Crippen LogP contribution in [-0.4, -0.2) is 41.6 Å². The number of azide groups is 1. The minimum atomic E-state index is -0.284. The Hall–Kier alpha value is -1.60. The highest BCUT2D eigenvalue weighted by molar-refractivity contribution is 8.00. The molecule has 0 aromatic carbocycles. The van der Waals surface area contributed by atoms with Crippen LogP contribution in [0.1, 0.15) is 32.1 Å². The summed E-state index contributed by atoms with van der Waals surface area (Å²) < 4.78 is 0. The Balaban J connectivity index is 1.70. The van der Waals surface area contributed by atoms with Crippen LogP contribution in [0.15, 0.2) is 5.11 Å². The molecule has 0 aromatic rings. The van der Waals surface area contributed by atoms with Crippen molar-refractivity contribution >= 4 is 23.7 Å². The van der Waals surface area contributed by atoms with Crippen molar-refractivity contribution in [3.63, 3.8) is 0 Å². The van der Waals surface area contributed by atoms with E-state index in [4.69, 9.17) is 11.3 Å². The van der Waals surface area contributed by atoms with Crippen LogP contribution >= 0.6 is 11.8 Å². The van der Waals surface area contributed by atoms with Crippen molar-refractivity contribution in [2.24, 2.45) is 16.8 Å². The molecule has 0 spiro atoms. The van der Waals surface area contributed by atoms with E-state index < -0.39 is 0 Å². The quantitative estimate of drug-likeness (QED) is 0.195. The second-order valence-corrected chi connectivity index (χ2v) is 7.02. The van der Waals surface area contributed by atoms with Crippen LogP contribution in [0.2, 0.25) is 0 Å². The third-order valence-electron chi connectivity index (χ3n) is 4.26. The first kappa shape index (κ1) is 16.8. The molecule has 2 aliphatic rings. The number of carbonyl (C=O) groups is 2. The lowest BCUT2D eigenvalue weighted by molar-refractivity contribution is -0.122. The number of thioether (sulfide) groups is 1. The highest BCUT2D eigenvalue weighted by Crippen LogP contribution is 2.33. The average Bonchev–Trinajstić information content (AvgIpc) is 3.01. The van der Waals surface area contributed by atoms with Crippen molar-refractivity contribution < 1.29 is 9.59 Å². The predicted molar refractivity (Wildman–Crippen MR) is 85.3 cm³/mol. The summed E-state index contributed by atoms with van der Waals surface area (Å²) in [7, 11) is 0. The van der Waals surface area contributed by atoms with E-state index in [1.807, 2.05) is 11.8 Å². The fourth-order valence-corrected chi connectivity index (χ4v) is 4.63. The summed E-state index contributed by atoms with van der Waals surface area (Å²) in [4.78, 5) is 25.5. The standard InChI is InChI=1S/C13H22N6O2S/c14-12(20)8(4-2-6-16-19-15)3-1-5-10-11-9(7-22-10)17-13(21)18-11/h8-11H,1-7H2,(H2,14,20)(H2,17,18,21)/t8?,9-,10-,11-/m0/s1. The molecule has 8 nitrogen and oxygen atoms in total. The van der Waals surface area contributed by atoms with E-state index in [2.05, 4.69) is 20.7 Å². The van der Waals surface area contributed by atoms with Gasteiger partial charge in [0.2, 0.25) is 5.91 Å². The summed E-state index contributed by atoms with van der Waals surface area (Å²) in [6, 6.07) is 0.362. The zero-order valence-electron chi connectivity index (χ0n) is 12.4. The van der Waals surface area contributed by atoms with Crippen LogP contribution in [0.3, 0.4) is 0 Å². The summed E-state index contributed by atoms with van der Waals surface area (Å²) in [5, 5.41) is 9.76. The van der Waals surface area contributed by atoms with Gasteiger partial charge in [0.25, 0.3) is 0 Å². The van der Waals surface area contributed by atoms with Gasteiger partial charge in [-0.05, 0) is 31.2 Å². The normalized spacial score (nSPS) is 27.5. The van der Waals surface area contributed by atoms with Gasteiger partial charge >= 0.3 is 6.03 Å². The largest absolute Gasteiger partial charge is 0.369 e. The van der Waals surface area contributed by atoms with Crippen LogP contribution in [-0.2, 0) is 4.79 Å². The Morgan fingerprint density at radius 2 is 2.23 bits per heavy atom. The lowest BCUT2D eigenvalue weighted by Gasteiger charge is -2.18. The number of nitrogens with one attached hydrogen (secondary N) is 2. The van der Waals surface area contributed by atoms with Gasteiger partial charge in [-0.1, -0.05) is 11.5 Å². The first-order valence-electron chi connectivity index (χ1n) is 7.60. The summed E-state index contributed by atoms with van der Waals surface area (Å²) >= 11 is 1.87. The van der Waals surface area contributed by atoms with Gasteiger partial charge in [-0.2, -0.15) is 11.8 Å². The van der Waals surface area contributed by atoms with Gasteiger partial charge in [0, 0.05) is 28.4 Å². The Bertz CT molecular complexity index is 467. The van der Waals surface area contributed by atoms with Crippen molar-refractivity contribution in [3.8, 4) is 0 Å². The molecular formula is C13H22N6O2S. The van der Waals surface area contributed by atoms with Crippen LogP contribution in [0, 0.1) is 5.92 Å². The molecule has 2 heterocycles. The van der Waals surface area contributed by atoms with E-state index in [1.54, 1.807) is 0 Å². The number of nitrogens with zero attached hydrogens (tertiary/aromatic N) is 3. The predicted octanol–water partition coefficient (Wildman–Crippen LogP) is 1.51. The van der Waals surface area contributed by atoms with Crippen molar-refractivity contribution in [2.45, 2.75) is 49.4 Å². The van der Waals surface area contributed by atoms with E-state index in [-0.39, 0.29) is 29.9 Å². The number of fused-ring (bicyclic) bond motifs is 1. The molecule has 2 fully saturated rings. The van der Waals surface area contributed by atoms with Gasteiger partial charge < -0.3 is 16.4 Å². The van der Waals surface area contributed by atoms with Gasteiger partial charge in [-0.25, -0.2) is 4.79 Å². The zero-order chi connectivity index (χ0) is 15.9. The molecule has 22 heavy (non-hydrogen) atoms. The number of urea groups is 1. The second kappa shape index (κ2) is 8.14. The van der Waals surface area contributed by atoms with E-state index in [0.717, 1.165) is 25.0 Å². The third-order valence-corrected chi connectivity index (χ3v) is 5.76. The summed E-state index contributed by atoms with van der Waals surface area (Å²) in [6.45, 7) is 0.403. The van der Waals surface area contributed by atoms with Gasteiger partial charge in [0.1, 0.15) is 0 Å². The first-order valence-corrected chi connectivity index (χ1v) is 8.65. The molecule has 1 unspecified atom stereocenters. The van der Waals surface area contributed by atoms with E-state index >= 15 is 0 Å². The molecule has 0 aromatic heterocycles. The number of carbonyl (C=O) groups excluding carboxylic acids is 2. The van der Waals surface area contributed by atoms with Gasteiger partial charge in [0.15, 0.2) is 0 Å². The maximum absolute atomic E-state index is 11.5. The highest BCUT2D eigenvalue weighted by atomic mass is 32.2. The smallest absolute Gasteiger partial charge is 0.315 e. The average molecular weight is 326 g/mol. The molecule has 4 atom stereocenters. The molecule has 0 saturated carbocycles. The van der Waals surface area contributed by atoms with Gasteiger partial charge in [-0.15, -0.1) is 0 Å². The molecule has 2 rings (SSSR count). The lowest BCUT2D eigenvalue weighted by Crippen LogP contribution is -2.36. The molecule has 4 N–H and O–H groups in total. The fraction of sp³-hybridized carbons (Fsp3) is 0.846. The van der Waals surface area contributed by atoms with Gasteiger partial charge in [0.05, 0.1) is 12.1 Å². The molecular weight excluding hydrogens is 304 g/mol. The molecule has 2 saturated heterocycles. The Labute approximate surface area is 133 Å². The Kier molecular flexibility index (Phi) is 6.21. The third kappa shape index (κ3) is 4.45. The maximum Gasteiger partial charge on any atom is 0.315 e. The summed E-state index contributed by atoms with van der Waals surface area (Å²) in [6.07, 6.45) is 3.97. The number of nitrogens with two attached hydrogens (primary N) is 1. The maximum atomic E-state index is 11.5. The van der Waals surface area contributed by atoms with Crippen molar-refractivity contribution in [2.75, 3.05) is 12.3 Å². The van der Waals surface area contributed by atoms with Crippen molar-refractivity contribution in [1.82, 2.24) is 10.6 Å². The number of hydrogen-bond acceptors (Lipinski definition) is 4. The van der Waals surface area contributed by atoms with Crippen LogP contribution < -0.4 is 16.4 Å². The topological polar surface area (TPSA) is 133 Å². The molecule has 0 aliphatic carbocycles.